The number of rotatable bonds is 9. The Hall–Kier alpha value is -2.95. The van der Waals surface area contributed by atoms with E-state index in [-0.39, 0.29) is 0 Å². The van der Waals surface area contributed by atoms with Crippen LogP contribution in [0.3, 0.4) is 0 Å². The minimum Gasteiger partial charge on any atom is -0.743 e. The van der Waals surface area contributed by atoms with E-state index < -0.39 is 45.5 Å². The zero-order chi connectivity index (χ0) is 26.7. The Kier molecular flexibility index (Phi) is 8.43. The van der Waals surface area contributed by atoms with Crippen LogP contribution >= 0.6 is 0 Å². The molecular weight excluding hydrogens is 510 g/mol. The predicted molar refractivity (Wildman–Crippen MR) is 132 cm³/mol. The second-order valence-electron chi connectivity index (χ2n) is 8.36. The number of esters is 1. The largest absolute Gasteiger partial charge is 0.743 e. The maximum absolute atomic E-state index is 13.2. The van der Waals surface area contributed by atoms with Crippen molar-refractivity contribution in [1.29, 1.82) is 0 Å². The quantitative estimate of drug-likeness (QED) is 0.215. The molecule has 0 bridgehead atoms. The van der Waals surface area contributed by atoms with Crippen LogP contribution in [-0.2, 0) is 30.5 Å². The highest BCUT2D eigenvalue weighted by atomic mass is 32.2. The molecule has 0 saturated carbocycles. The summed E-state index contributed by atoms with van der Waals surface area (Å²) in [4.78, 5) is 15.1. The van der Waals surface area contributed by atoms with Crippen molar-refractivity contribution in [2.24, 2.45) is 0 Å². The molecule has 0 fully saturated rings. The van der Waals surface area contributed by atoms with Gasteiger partial charge in [-0.15, -0.1) is 0 Å². The molecule has 36 heavy (non-hydrogen) atoms. The van der Waals surface area contributed by atoms with E-state index in [1.165, 1.54) is 0 Å². The Bertz CT molecular complexity index is 1270. The number of alkyl halides is 2. The van der Waals surface area contributed by atoms with Gasteiger partial charge >= 0.3 is 11.2 Å². The minimum absolute atomic E-state index is 0.385. The SMILES string of the molecule is Cc1ccc([S+](c2ccc(C)cc2)c2cc(C)c(OCC(=O)OCC(F)(F)S(=O)(=O)[O-])c(C)c2)cc1. The first kappa shape index (κ1) is 27.6. The Morgan fingerprint density at radius 2 is 1.31 bits per heavy atom. The van der Waals surface area contributed by atoms with E-state index in [1.807, 2.05) is 26.0 Å². The molecule has 3 aromatic carbocycles. The van der Waals surface area contributed by atoms with Gasteiger partial charge in [-0.25, -0.2) is 13.2 Å². The fourth-order valence-electron chi connectivity index (χ4n) is 3.42. The van der Waals surface area contributed by atoms with E-state index in [1.54, 1.807) is 13.8 Å². The van der Waals surface area contributed by atoms with E-state index in [4.69, 9.17) is 4.74 Å². The van der Waals surface area contributed by atoms with Crippen LogP contribution in [0.15, 0.2) is 75.4 Å². The van der Waals surface area contributed by atoms with Gasteiger partial charge in [0, 0.05) is 12.1 Å². The molecule has 0 spiro atoms. The van der Waals surface area contributed by atoms with Gasteiger partial charge in [0.1, 0.15) is 5.75 Å². The number of carbonyl (C=O) groups excluding carboxylic acids is 1. The van der Waals surface area contributed by atoms with Gasteiger partial charge in [0.15, 0.2) is 38.0 Å². The monoisotopic (exact) mass is 536 g/mol. The molecule has 0 heterocycles. The van der Waals surface area contributed by atoms with Crippen molar-refractivity contribution in [1.82, 2.24) is 0 Å². The summed E-state index contributed by atoms with van der Waals surface area (Å²) in [5, 5.41) is -4.71. The number of carbonyl (C=O) groups is 1. The summed E-state index contributed by atoms with van der Waals surface area (Å²) in [5.41, 5.74) is 3.75. The van der Waals surface area contributed by atoms with Crippen molar-refractivity contribution in [2.45, 2.75) is 47.6 Å². The van der Waals surface area contributed by atoms with E-state index >= 15 is 0 Å². The van der Waals surface area contributed by atoms with E-state index in [0.29, 0.717) is 5.75 Å². The molecule has 6 nitrogen and oxygen atoms in total. The highest BCUT2D eigenvalue weighted by Crippen LogP contribution is 2.35. The first-order valence-corrected chi connectivity index (χ1v) is 13.5. The number of hydrogen-bond donors (Lipinski definition) is 0. The number of ether oxygens (including phenoxy) is 2. The predicted octanol–water partition coefficient (Wildman–Crippen LogP) is 5.08. The van der Waals surface area contributed by atoms with Crippen LogP contribution in [0.1, 0.15) is 22.3 Å². The van der Waals surface area contributed by atoms with Crippen molar-refractivity contribution in [3.63, 3.8) is 0 Å². The topological polar surface area (TPSA) is 92.7 Å². The van der Waals surface area contributed by atoms with Gasteiger partial charge in [0.2, 0.25) is 0 Å². The summed E-state index contributed by atoms with van der Waals surface area (Å²) in [7, 11) is -6.35. The molecule has 0 radical (unpaired) electrons. The van der Waals surface area contributed by atoms with Crippen LogP contribution in [0.4, 0.5) is 8.78 Å². The zero-order valence-electron chi connectivity index (χ0n) is 20.2. The molecule has 0 aliphatic carbocycles. The maximum atomic E-state index is 13.2. The average Bonchev–Trinajstić information content (AvgIpc) is 2.79. The average molecular weight is 537 g/mol. The number of hydrogen-bond acceptors (Lipinski definition) is 6. The van der Waals surface area contributed by atoms with Crippen molar-refractivity contribution >= 4 is 27.0 Å². The van der Waals surface area contributed by atoms with Gasteiger partial charge in [-0.05, 0) is 63.1 Å². The van der Waals surface area contributed by atoms with Crippen molar-refractivity contribution < 1.29 is 36.0 Å². The third kappa shape index (κ3) is 6.63. The Balaban J connectivity index is 1.83. The summed E-state index contributed by atoms with van der Waals surface area (Å²) in [6, 6.07) is 20.6. The smallest absolute Gasteiger partial charge is 0.367 e. The second kappa shape index (κ2) is 11.0. The summed E-state index contributed by atoms with van der Waals surface area (Å²) < 4.78 is 67.8. The standard InChI is InChI=1S/C26H26F2O6S2/c1-17-5-9-21(10-6-17)35(22-11-7-18(2)8-12-22)23-13-19(3)25(20(4)14-23)33-15-24(29)34-16-26(27,28)36(30,31)32/h5-14H,15-16H2,1-4H3. The van der Waals surface area contributed by atoms with E-state index in [9.17, 15) is 26.5 Å². The Labute approximate surface area is 212 Å². The molecule has 0 aliphatic heterocycles. The van der Waals surface area contributed by atoms with Gasteiger partial charge < -0.3 is 14.0 Å². The zero-order valence-corrected chi connectivity index (χ0v) is 21.8. The van der Waals surface area contributed by atoms with Crippen LogP contribution < -0.4 is 4.74 Å². The van der Waals surface area contributed by atoms with E-state index in [2.05, 4.69) is 53.3 Å². The fourth-order valence-corrected chi connectivity index (χ4v) is 5.85. The number of benzene rings is 3. The molecule has 3 rings (SSSR count). The van der Waals surface area contributed by atoms with Crippen LogP contribution in [-0.4, -0.2) is 37.4 Å². The molecule has 0 saturated heterocycles. The van der Waals surface area contributed by atoms with Crippen LogP contribution in [0.25, 0.3) is 0 Å². The van der Waals surface area contributed by atoms with Crippen molar-refractivity contribution in [2.75, 3.05) is 13.2 Å². The Morgan fingerprint density at radius 1 is 0.861 bits per heavy atom. The molecular formula is C26H26F2O6S2. The lowest BCUT2D eigenvalue weighted by Crippen LogP contribution is -2.35. The second-order valence-corrected chi connectivity index (χ2v) is 11.9. The lowest BCUT2D eigenvalue weighted by molar-refractivity contribution is -0.152. The molecule has 0 aromatic heterocycles. The number of aryl methyl sites for hydroxylation is 4. The van der Waals surface area contributed by atoms with Gasteiger partial charge in [-0.3, -0.25) is 0 Å². The molecule has 0 amide bonds. The highest BCUT2D eigenvalue weighted by molar-refractivity contribution is 7.97. The summed E-state index contributed by atoms with van der Waals surface area (Å²) >= 11 is 0. The van der Waals surface area contributed by atoms with Gasteiger partial charge in [0.25, 0.3) is 0 Å². The third-order valence-electron chi connectivity index (χ3n) is 5.28. The highest BCUT2D eigenvalue weighted by Gasteiger charge is 2.39. The molecule has 192 valence electrons. The van der Waals surface area contributed by atoms with Gasteiger partial charge in [-0.2, -0.15) is 8.78 Å². The number of halogens is 2. The molecule has 0 aliphatic rings. The van der Waals surface area contributed by atoms with Gasteiger partial charge in [0.05, 0.1) is 10.9 Å². The lowest BCUT2D eigenvalue weighted by atomic mass is 10.1. The third-order valence-corrected chi connectivity index (χ3v) is 8.33. The molecule has 0 N–H and O–H groups in total. The normalized spacial score (nSPS) is 12.0. The van der Waals surface area contributed by atoms with Gasteiger partial charge in [-0.1, -0.05) is 35.4 Å². The Morgan fingerprint density at radius 3 is 1.72 bits per heavy atom. The molecule has 0 unspecified atom stereocenters. The summed E-state index contributed by atoms with van der Waals surface area (Å²) in [5.74, 6) is -0.837. The van der Waals surface area contributed by atoms with Crippen LogP contribution in [0, 0.1) is 27.7 Å². The van der Waals surface area contributed by atoms with E-state index in [0.717, 1.165) is 36.9 Å². The summed E-state index contributed by atoms with van der Waals surface area (Å²) in [6.45, 7) is 5.08. The minimum atomic E-state index is -5.94. The molecule has 3 aromatic rings. The first-order valence-electron chi connectivity index (χ1n) is 10.9. The van der Waals surface area contributed by atoms with Crippen molar-refractivity contribution in [3.8, 4) is 5.75 Å². The fraction of sp³-hybridized carbons (Fsp3) is 0.269. The molecule has 10 heteroatoms. The summed E-state index contributed by atoms with van der Waals surface area (Å²) in [6.07, 6.45) is 0. The first-order chi connectivity index (χ1) is 16.8. The lowest BCUT2D eigenvalue weighted by Gasteiger charge is -2.19. The molecule has 0 atom stereocenters. The van der Waals surface area contributed by atoms with Crippen LogP contribution in [0.5, 0.6) is 5.75 Å². The van der Waals surface area contributed by atoms with Crippen molar-refractivity contribution in [3.05, 3.63) is 82.9 Å². The maximum Gasteiger partial charge on any atom is 0.367 e. The van der Waals surface area contributed by atoms with Crippen LogP contribution in [0.2, 0.25) is 0 Å².